The molecule has 0 N–H and O–H groups in total. The van der Waals surface area contributed by atoms with Gasteiger partial charge in [0.15, 0.2) is 0 Å². The Balaban J connectivity index is 2.65. The fourth-order valence-electron chi connectivity index (χ4n) is 1.84. The first-order chi connectivity index (χ1) is 7.63. The van der Waals surface area contributed by atoms with Crippen LogP contribution in [0, 0.1) is 6.92 Å². The van der Waals surface area contributed by atoms with Gasteiger partial charge in [-0.2, -0.15) is 0 Å². The molecular formula is C13H18N2O. The highest BCUT2D eigenvalue weighted by Gasteiger charge is 2.09. The van der Waals surface area contributed by atoms with Crippen molar-refractivity contribution >= 4 is 5.65 Å². The van der Waals surface area contributed by atoms with E-state index in [1.807, 2.05) is 0 Å². The molecular weight excluding hydrogens is 200 g/mol. The summed E-state index contributed by atoms with van der Waals surface area (Å²) in [7, 11) is 1.72. The summed E-state index contributed by atoms with van der Waals surface area (Å²) in [5.74, 6) is 0.440. The van der Waals surface area contributed by atoms with Crippen LogP contribution < -0.4 is 0 Å². The molecule has 0 bridgehead atoms. The molecule has 0 aliphatic carbocycles. The van der Waals surface area contributed by atoms with Gasteiger partial charge in [-0.3, -0.25) is 0 Å². The third kappa shape index (κ3) is 1.83. The summed E-state index contributed by atoms with van der Waals surface area (Å²) < 4.78 is 7.33. The predicted octanol–water partition coefficient (Wildman–Crippen LogP) is 2.91. The molecule has 0 radical (unpaired) electrons. The lowest BCUT2D eigenvalue weighted by atomic mass is 10.1. The highest BCUT2D eigenvalue weighted by Crippen LogP contribution is 2.19. The minimum Gasteiger partial charge on any atom is -0.378 e. The van der Waals surface area contributed by atoms with Gasteiger partial charge in [0.05, 0.1) is 12.3 Å². The van der Waals surface area contributed by atoms with E-state index in [0.717, 1.165) is 17.0 Å². The molecule has 3 nitrogen and oxygen atoms in total. The molecule has 0 aliphatic rings. The zero-order valence-electron chi connectivity index (χ0n) is 10.3. The highest BCUT2D eigenvalue weighted by molar-refractivity contribution is 5.50. The maximum Gasteiger partial charge on any atom is 0.140 e. The Bertz CT molecular complexity index is 500. The average Bonchev–Trinajstić information content (AvgIpc) is 2.61. The van der Waals surface area contributed by atoms with Crippen molar-refractivity contribution in [3.8, 4) is 0 Å². The molecule has 0 saturated carbocycles. The van der Waals surface area contributed by atoms with E-state index < -0.39 is 0 Å². The van der Waals surface area contributed by atoms with E-state index in [-0.39, 0.29) is 0 Å². The molecule has 86 valence electrons. The summed E-state index contributed by atoms with van der Waals surface area (Å²) in [6.07, 6.45) is 2.05. The zero-order chi connectivity index (χ0) is 11.7. The maximum absolute atomic E-state index is 5.23. The second-order valence-electron chi connectivity index (χ2n) is 4.45. The van der Waals surface area contributed by atoms with Crippen molar-refractivity contribution in [1.29, 1.82) is 0 Å². The van der Waals surface area contributed by atoms with E-state index >= 15 is 0 Å². The van der Waals surface area contributed by atoms with E-state index in [1.165, 1.54) is 5.56 Å². The quantitative estimate of drug-likeness (QED) is 0.792. The third-order valence-corrected chi connectivity index (χ3v) is 2.80. The number of fused-ring (bicyclic) bond motifs is 1. The SMILES string of the molecule is COCc1cc(C(C)C)nc2c(C)ccn12. The number of methoxy groups -OCH3 is 1. The van der Waals surface area contributed by atoms with Crippen LogP contribution in [0.5, 0.6) is 0 Å². The summed E-state index contributed by atoms with van der Waals surface area (Å²) in [5.41, 5.74) is 4.53. The molecule has 2 heterocycles. The first kappa shape index (κ1) is 11.1. The van der Waals surface area contributed by atoms with E-state index in [2.05, 4.69) is 48.5 Å². The van der Waals surface area contributed by atoms with E-state index in [0.29, 0.717) is 12.5 Å². The minimum absolute atomic E-state index is 0.440. The molecule has 0 fully saturated rings. The lowest BCUT2D eigenvalue weighted by Gasteiger charge is -2.10. The monoisotopic (exact) mass is 218 g/mol. The molecule has 2 aromatic heterocycles. The fraction of sp³-hybridized carbons (Fsp3) is 0.462. The topological polar surface area (TPSA) is 26.5 Å². The average molecular weight is 218 g/mol. The van der Waals surface area contributed by atoms with Gasteiger partial charge in [0.25, 0.3) is 0 Å². The molecule has 3 heteroatoms. The van der Waals surface area contributed by atoms with Gasteiger partial charge in [0.1, 0.15) is 5.65 Å². The van der Waals surface area contributed by atoms with Crippen molar-refractivity contribution in [1.82, 2.24) is 9.38 Å². The van der Waals surface area contributed by atoms with Gasteiger partial charge in [-0.1, -0.05) is 13.8 Å². The second-order valence-corrected chi connectivity index (χ2v) is 4.45. The number of rotatable bonds is 3. The van der Waals surface area contributed by atoms with Crippen molar-refractivity contribution in [3.63, 3.8) is 0 Å². The first-order valence-electron chi connectivity index (χ1n) is 5.60. The van der Waals surface area contributed by atoms with Crippen molar-refractivity contribution in [2.75, 3.05) is 7.11 Å². The largest absolute Gasteiger partial charge is 0.378 e. The Morgan fingerprint density at radius 2 is 2.19 bits per heavy atom. The van der Waals surface area contributed by atoms with Gasteiger partial charge in [-0.05, 0) is 30.5 Å². The lowest BCUT2D eigenvalue weighted by Crippen LogP contribution is -2.04. The molecule has 16 heavy (non-hydrogen) atoms. The third-order valence-electron chi connectivity index (χ3n) is 2.80. The Morgan fingerprint density at radius 3 is 2.81 bits per heavy atom. The van der Waals surface area contributed by atoms with Crippen LogP contribution in [-0.2, 0) is 11.3 Å². The minimum atomic E-state index is 0.440. The standard InChI is InChI=1S/C13H18N2O/c1-9(2)12-7-11(8-16-4)15-6-5-10(3)13(15)14-12/h5-7,9H,8H2,1-4H3. The van der Waals surface area contributed by atoms with Gasteiger partial charge < -0.3 is 9.14 Å². The summed E-state index contributed by atoms with van der Waals surface area (Å²) in [5, 5.41) is 0. The highest BCUT2D eigenvalue weighted by atomic mass is 16.5. The molecule has 2 rings (SSSR count). The molecule has 0 atom stereocenters. The molecule has 0 amide bonds. The number of nitrogens with zero attached hydrogens (tertiary/aromatic N) is 2. The van der Waals surface area contributed by atoms with Crippen molar-refractivity contribution in [2.24, 2.45) is 0 Å². The molecule has 0 aromatic carbocycles. The van der Waals surface area contributed by atoms with E-state index in [9.17, 15) is 0 Å². The number of aromatic nitrogens is 2. The number of hydrogen-bond acceptors (Lipinski definition) is 2. The van der Waals surface area contributed by atoms with Crippen molar-refractivity contribution in [3.05, 3.63) is 35.3 Å². The Kier molecular flexibility index (Phi) is 2.97. The number of hydrogen-bond donors (Lipinski definition) is 0. The van der Waals surface area contributed by atoms with Crippen LogP contribution in [0.1, 0.15) is 36.7 Å². The smallest absolute Gasteiger partial charge is 0.140 e. The molecule has 0 aliphatic heterocycles. The van der Waals surface area contributed by atoms with Crippen molar-refractivity contribution < 1.29 is 4.74 Å². The van der Waals surface area contributed by atoms with Gasteiger partial charge in [-0.25, -0.2) is 4.98 Å². The lowest BCUT2D eigenvalue weighted by molar-refractivity contribution is 0.180. The summed E-state index contributed by atoms with van der Waals surface area (Å²) in [6.45, 7) is 7.03. The van der Waals surface area contributed by atoms with E-state index in [1.54, 1.807) is 7.11 Å². The van der Waals surface area contributed by atoms with Crippen LogP contribution in [0.2, 0.25) is 0 Å². The normalized spacial score (nSPS) is 11.6. The van der Waals surface area contributed by atoms with Gasteiger partial charge in [0, 0.05) is 19.0 Å². The maximum atomic E-state index is 5.23. The molecule has 0 spiro atoms. The van der Waals surface area contributed by atoms with Gasteiger partial charge in [0.2, 0.25) is 0 Å². The molecule has 0 saturated heterocycles. The van der Waals surface area contributed by atoms with Crippen LogP contribution in [-0.4, -0.2) is 16.5 Å². The second kappa shape index (κ2) is 4.26. The van der Waals surface area contributed by atoms with Crippen LogP contribution in [0.3, 0.4) is 0 Å². The van der Waals surface area contributed by atoms with Crippen LogP contribution >= 0.6 is 0 Å². The summed E-state index contributed by atoms with van der Waals surface area (Å²) >= 11 is 0. The Hall–Kier alpha value is -1.35. The molecule has 0 unspecified atom stereocenters. The van der Waals surface area contributed by atoms with E-state index in [4.69, 9.17) is 4.74 Å². The van der Waals surface area contributed by atoms with Crippen LogP contribution in [0.4, 0.5) is 0 Å². The summed E-state index contributed by atoms with van der Waals surface area (Å²) in [6, 6.07) is 4.21. The first-order valence-corrected chi connectivity index (χ1v) is 5.60. The Morgan fingerprint density at radius 1 is 1.44 bits per heavy atom. The molecule has 2 aromatic rings. The summed E-state index contributed by atoms with van der Waals surface area (Å²) in [4.78, 5) is 4.68. The van der Waals surface area contributed by atoms with Crippen LogP contribution in [0.25, 0.3) is 5.65 Å². The van der Waals surface area contributed by atoms with Gasteiger partial charge in [-0.15, -0.1) is 0 Å². The Labute approximate surface area is 96.1 Å². The van der Waals surface area contributed by atoms with Gasteiger partial charge >= 0.3 is 0 Å². The van der Waals surface area contributed by atoms with Crippen molar-refractivity contribution in [2.45, 2.75) is 33.3 Å². The fourth-order valence-corrected chi connectivity index (χ4v) is 1.84. The van der Waals surface area contributed by atoms with Crippen LogP contribution in [0.15, 0.2) is 18.3 Å². The number of aryl methyl sites for hydroxylation is 1. The zero-order valence-corrected chi connectivity index (χ0v) is 10.3. The predicted molar refractivity (Wildman–Crippen MR) is 64.7 cm³/mol. The number of ether oxygens (including phenoxy) is 1.